The van der Waals surface area contributed by atoms with Crippen LogP contribution >= 0.6 is 7.74 Å². The molecule has 0 N–H and O–H groups in total. The van der Waals surface area contributed by atoms with E-state index in [0.717, 1.165) is 45.1 Å². The van der Waals surface area contributed by atoms with Gasteiger partial charge in [-0.3, -0.25) is 0 Å². The molecule has 120 valence electrons. The van der Waals surface area contributed by atoms with E-state index >= 15 is 0 Å². The van der Waals surface area contributed by atoms with Gasteiger partial charge in [-0.1, -0.05) is 0 Å². The molecule has 0 radical (unpaired) electrons. The standard InChI is InChI=1S/C13H27O6P/c1-14-8-2-3-9-15-20(16-10-4-5-11-17-20)18-12-6-7-13-19-20/h2-13H2,1H3. The molecule has 0 aliphatic carbocycles. The Balaban J connectivity index is 1.98. The summed E-state index contributed by atoms with van der Waals surface area (Å²) < 4.78 is 34.7. The summed E-state index contributed by atoms with van der Waals surface area (Å²) in [5, 5.41) is 0. The minimum absolute atomic E-state index is 0.501. The molecular formula is C13H27O6P. The molecule has 1 spiro atoms. The Morgan fingerprint density at radius 1 is 0.750 bits per heavy atom. The molecule has 2 aliphatic rings. The molecule has 2 fully saturated rings. The number of rotatable bonds is 6. The quantitative estimate of drug-likeness (QED) is 0.554. The third kappa shape index (κ3) is 4.34. The van der Waals surface area contributed by atoms with Crippen LogP contribution in [0.15, 0.2) is 0 Å². The van der Waals surface area contributed by atoms with Crippen molar-refractivity contribution in [2.45, 2.75) is 38.5 Å². The molecule has 0 aromatic carbocycles. The first-order valence-corrected chi connectivity index (χ1v) is 9.38. The molecule has 2 saturated heterocycles. The molecule has 0 atom stereocenters. The maximum absolute atomic E-state index is 5.99. The van der Waals surface area contributed by atoms with Crippen molar-refractivity contribution in [1.82, 2.24) is 0 Å². The van der Waals surface area contributed by atoms with Crippen LogP contribution in [-0.4, -0.2) is 46.8 Å². The zero-order chi connectivity index (χ0) is 14.2. The van der Waals surface area contributed by atoms with Crippen molar-refractivity contribution < 1.29 is 27.4 Å². The summed E-state index contributed by atoms with van der Waals surface area (Å²) in [5.41, 5.74) is 0. The Labute approximate surface area is 121 Å². The molecule has 0 unspecified atom stereocenters. The summed E-state index contributed by atoms with van der Waals surface area (Å²) in [6, 6.07) is 0. The molecule has 0 aromatic heterocycles. The fourth-order valence-corrected chi connectivity index (χ4v) is 5.08. The minimum atomic E-state index is -3.81. The van der Waals surface area contributed by atoms with Gasteiger partial charge in [0.1, 0.15) is 0 Å². The second-order valence-corrected chi connectivity index (χ2v) is 7.81. The van der Waals surface area contributed by atoms with E-state index in [1.54, 1.807) is 7.11 Å². The second kappa shape index (κ2) is 7.99. The van der Waals surface area contributed by atoms with Crippen molar-refractivity contribution in [3.63, 3.8) is 0 Å². The molecule has 0 bridgehead atoms. The summed E-state index contributed by atoms with van der Waals surface area (Å²) in [6.45, 7) is 3.49. The van der Waals surface area contributed by atoms with Gasteiger partial charge in [-0.25, -0.2) is 0 Å². The zero-order valence-corrected chi connectivity index (χ0v) is 13.3. The van der Waals surface area contributed by atoms with Gasteiger partial charge in [0.05, 0.1) is 0 Å². The van der Waals surface area contributed by atoms with Crippen LogP contribution in [0.25, 0.3) is 0 Å². The first kappa shape index (κ1) is 16.6. The summed E-state index contributed by atoms with van der Waals surface area (Å²) >= 11 is 0. The van der Waals surface area contributed by atoms with Crippen molar-refractivity contribution in [2.24, 2.45) is 0 Å². The van der Waals surface area contributed by atoms with E-state index in [0.29, 0.717) is 33.0 Å². The van der Waals surface area contributed by atoms with Gasteiger partial charge in [-0.15, -0.1) is 0 Å². The molecule has 0 amide bonds. The van der Waals surface area contributed by atoms with Gasteiger partial charge < -0.3 is 0 Å². The van der Waals surface area contributed by atoms with Gasteiger partial charge >= 0.3 is 120 Å². The topological polar surface area (TPSA) is 55.4 Å². The van der Waals surface area contributed by atoms with E-state index in [-0.39, 0.29) is 0 Å². The second-order valence-electron chi connectivity index (χ2n) is 5.03. The molecular weight excluding hydrogens is 283 g/mol. The predicted octanol–water partition coefficient (Wildman–Crippen LogP) is 3.21. The van der Waals surface area contributed by atoms with Crippen molar-refractivity contribution in [3.8, 4) is 0 Å². The zero-order valence-electron chi connectivity index (χ0n) is 12.4. The van der Waals surface area contributed by atoms with E-state index < -0.39 is 7.74 Å². The van der Waals surface area contributed by atoms with Crippen LogP contribution in [0.2, 0.25) is 0 Å². The van der Waals surface area contributed by atoms with Gasteiger partial charge in [0.2, 0.25) is 0 Å². The summed E-state index contributed by atoms with van der Waals surface area (Å²) in [5.74, 6) is 0. The SMILES string of the molecule is COCCCCOP12(OCCCCO1)OCCCCO2. The average molecular weight is 310 g/mol. The first-order chi connectivity index (χ1) is 9.79. The van der Waals surface area contributed by atoms with Crippen LogP contribution < -0.4 is 0 Å². The van der Waals surface area contributed by atoms with Crippen LogP contribution in [0, 0.1) is 0 Å². The summed E-state index contributed by atoms with van der Waals surface area (Å²) in [6.07, 6.45) is 5.57. The Bertz CT molecular complexity index is 245. The molecule has 2 aliphatic heterocycles. The predicted molar refractivity (Wildman–Crippen MR) is 76.3 cm³/mol. The fraction of sp³-hybridized carbons (Fsp3) is 1.00. The number of unbranched alkanes of at least 4 members (excludes halogenated alkanes) is 1. The number of methoxy groups -OCH3 is 1. The number of hydrogen-bond donors (Lipinski definition) is 0. The van der Waals surface area contributed by atoms with Gasteiger partial charge in [-0.05, 0) is 0 Å². The van der Waals surface area contributed by atoms with Crippen LogP contribution in [0.5, 0.6) is 0 Å². The van der Waals surface area contributed by atoms with E-state index in [4.69, 9.17) is 27.4 Å². The van der Waals surface area contributed by atoms with E-state index in [1.165, 1.54) is 0 Å². The summed E-state index contributed by atoms with van der Waals surface area (Å²) in [7, 11) is -2.11. The van der Waals surface area contributed by atoms with E-state index in [2.05, 4.69) is 0 Å². The average Bonchev–Trinajstić information content (AvgIpc) is 2.80. The fourth-order valence-electron chi connectivity index (χ4n) is 2.20. The van der Waals surface area contributed by atoms with Gasteiger partial charge in [0.15, 0.2) is 0 Å². The normalized spacial score (nSPS) is 28.1. The van der Waals surface area contributed by atoms with E-state index in [9.17, 15) is 0 Å². The maximum atomic E-state index is 5.99. The Hall–Kier alpha value is 0.190. The molecule has 2 rings (SSSR count). The van der Waals surface area contributed by atoms with Crippen LogP contribution in [0.1, 0.15) is 38.5 Å². The van der Waals surface area contributed by atoms with Gasteiger partial charge in [0.25, 0.3) is 0 Å². The number of hydrogen-bond acceptors (Lipinski definition) is 6. The van der Waals surface area contributed by atoms with Gasteiger partial charge in [0, 0.05) is 0 Å². The molecule has 0 saturated carbocycles. The van der Waals surface area contributed by atoms with Gasteiger partial charge in [-0.2, -0.15) is 0 Å². The van der Waals surface area contributed by atoms with Crippen molar-refractivity contribution in [2.75, 3.05) is 46.8 Å². The molecule has 7 heteroatoms. The van der Waals surface area contributed by atoms with E-state index in [1.807, 2.05) is 0 Å². The molecule has 2 heterocycles. The van der Waals surface area contributed by atoms with Crippen LogP contribution in [0.4, 0.5) is 0 Å². The molecule has 20 heavy (non-hydrogen) atoms. The Morgan fingerprint density at radius 2 is 1.20 bits per heavy atom. The Kier molecular flexibility index (Phi) is 6.62. The van der Waals surface area contributed by atoms with Crippen molar-refractivity contribution >= 4 is 7.74 Å². The monoisotopic (exact) mass is 310 g/mol. The Morgan fingerprint density at radius 3 is 1.65 bits per heavy atom. The van der Waals surface area contributed by atoms with Crippen LogP contribution in [-0.2, 0) is 27.4 Å². The third-order valence-corrected chi connectivity index (χ3v) is 6.35. The van der Waals surface area contributed by atoms with Crippen molar-refractivity contribution in [1.29, 1.82) is 0 Å². The van der Waals surface area contributed by atoms with Crippen molar-refractivity contribution in [3.05, 3.63) is 0 Å². The van der Waals surface area contributed by atoms with Crippen LogP contribution in [0.3, 0.4) is 0 Å². The molecule has 6 nitrogen and oxygen atoms in total. The molecule has 0 aromatic rings. The first-order valence-electron chi connectivity index (χ1n) is 7.55. The number of ether oxygens (including phenoxy) is 1. The third-order valence-electron chi connectivity index (χ3n) is 3.33. The summed E-state index contributed by atoms with van der Waals surface area (Å²) in [4.78, 5) is 0.